The first-order valence-corrected chi connectivity index (χ1v) is 6.19. The van der Waals surface area contributed by atoms with Crippen LogP contribution in [-0.4, -0.2) is 13.7 Å². The van der Waals surface area contributed by atoms with Gasteiger partial charge in [0.05, 0.1) is 6.61 Å². The van der Waals surface area contributed by atoms with Crippen molar-refractivity contribution >= 4 is 0 Å². The molecule has 1 aromatic carbocycles. The van der Waals surface area contributed by atoms with Gasteiger partial charge in [-0.3, -0.25) is 0 Å². The highest BCUT2D eigenvalue weighted by atomic mass is 16.5. The van der Waals surface area contributed by atoms with E-state index in [-0.39, 0.29) is 0 Å². The zero-order valence-electron chi connectivity index (χ0n) is 10.2. The normalized spacial score (nSPS) is 17.9. The second kappa shape index (κ2) is 5.35. The molecular formula is C14H21NO. The summed E-state index contributed by atoms with van der Waals surface area (Å²) in [6.07, 6.45) is 4.07. The van der Waals surface area contributed by atoms with E-state index < -0.39 is 0 Å². The molecule has 0 aliphatic heterocycles. The molecule has 2 nitrogen and oxygen atoms in total. The molecule has 0 spiro atoms. The first kappa shape index (κ1) is 11.5. The van der Waals surface area contributed by atoms with E-state index in [0.29, 0.717) is 6.04 Å². The Morgan fingerprint density at radius 1 is 1.31 bits per heavy atom. The zero-order chi connectivity index (χ0) is 11.4. The molecule has 0 saturated heterocycles. The van der Waals surface area contributed by atoms with Crippen LogP contribution in [0.4, 0.5) is 0 Å². The Kier molecular flexibility index (Phi) is 3.83. The third kappa shape index (κ3) is 2.76. The van der Waals surface area contributed by atoms with Crippen molar-refractivity contribution in [3.63, 3.8) is 0 Å². The highest BCUT2D eigenvalue weighted by Crippen LogP contribution is 2.27. The third-order valence-corrected chi connectivity index (χ3v) is 3.52. The van der Waals surface area contributed by atoms with Gasteiger partial charge in [0, 0.05) is 6.04 Å². The molecule has 1 aliphatic carbocycles. The van der Waals surface area contributed by atoms with Gasteiger partial charge in [0.2, 0.25) is 0 Å². The van der Waals surface area contributed by atoms with Gasteiger partial charge >= 0.3 is 0 Å². The van der Waals surface area contributed by atoms with Crippen LogP contribution in [0.15, 0.2) is 24.3 Å². The summed E-state index contributed by atoms with van der Waals surface area (Å²) in [5.41, 5.74) is 1.30. The average molecular weight is 219 g/mol. The van der Waals surface area contributed by atoms with E-state index in [4.69, 9.17) is 4.74 Å². The molecule has 1 fully saturated rings. The third-order valence-electron chi connectivity index (χ3n) is 3.52. The summed E-state index contributed by atoms with van der Waals surface area (Å²) in [6.45, 7) is 3.05. The van der Waals surface area contributed by atoms with E-state index >= 15 is 0 Å². The van der Waals surface area contributed by atoms with Crippen molar-refractivity contribution in [2.24, 2.45) is 5.92 Å². The quantitative estimate of drug-likeness (QED) is 0.821. The molecule has 88 valence electrons. The maximum atomic E-state index is 5.76. The summed E-state index contributed by atoms with van der Waals surface area (Å²) in [7, 11) is 1.98. The molecule has 1 unspecified atom stereocenters. The molecular weight excluding hydrogens is 198 g/mol. The van der Waals surface area contributed by atoms with Gasteiger partial charge < -0.3 is 10.1 Å². The Bertz CT molecular complexity index is 316. The predicted octanol–water partition coefficient (Wildman–Crippen LogP) is 3.15. The van der Waals surface area contributed by atoms with Gasteiger partial charge in [-0.25, -0.2) is 0 Å². The van der Waals surface area contributed by atoms with Crippen molar-refractivity contribution < 1.29 is 4.74 Å². The summed E-state index contributed by atoms with van der Waals surface area (Å²) in [6, 6.07) is 8.82. The largest absolute Gasteiger partial charge is 0.493 e. The highest BCUT2D eigenvalue weighted by molar-refractivity contribution is 5.28. The lowest BCUT2D eigenvalue weighted by molar-refractivity contribution is 0.180. The van der Waals surface area contributed by atoms with E-state index in [1.165, 1.54) is 24.8 Å². The molecule has 1 saturated carbocycles. The van der Waals surface area contributed by atoms with Crippen molar-refractivity contribution in [1.82, 2.24) is 5.32 Å². The number of ether oxygens (including phenoxy) is 1. The number of hydrogen-bond acceptors (Lipinski definition) is 2. The van der Waals surface area contributed by atoms with Crippen LogP contribution in [0.25, 0.3) is 0 Å². The van der Waals surface area contributed by atoms with Gasteiger partial charge in [-0.1, -0.05) is 18.6 Å². The van der Waals surface area contributed by atoms with Gasteiger partial charge in [-0.2, -0.15) is 0 Å². The molecule has 0 radical (unpaired) electrons. The zero-order valence-corrected chi connectivity index (χ0v) is 10.2. The lowest BCUT2D eigenvalue weighted by Crippen LogP contribution is -2.19. The molecule has 2 rings (SSSR count). The standard InChI is InChI=1S/C14H21NO/c1-11(15-2)13-6-8-14(9-7-13)16-10-12-4-3-5-12/h6-9,11-12,15H,3-5,10H2,1-2H3. The van der Waals surface area contributed by atoms with Crippen molar-refractivity contribution in [3.8, 4) is 5.75 Å². The van der Waals surface area contributed by atoms with Crippen LogP contribution in [0, 0.1) is 5.92 Å². The smallest absolute Gasteiger partial charge is 0.119 e. The van der Waals surface area contributed by atoms with Crippen LogP contribution in [0.3, 0.4) is 0 Å². The van der Waals surface area contributed by atoms with Gasteiger partial charge in [0.25, 0.3) is 0 Å². The average Bonchev–Trinajstić information content (AvgIpc) is 2.27. The van der Waals surface area contributed by atoms with Crippen molar-refractivity contribution in [2.75, 3.05) is 13.7 Å². The van der Waals surface area contributed by atoms with Crippen molar-refractivity contribution in [2.45, 2.75) is 32.2 Å². The van der Waals surface area contributed by atoms with Gasteiger partial charge in [0.15, 0.2) is 0 Å². The van der Waals surface area contributed by atoms with E-state index in [9.17, 15) is 0 Å². The fraction of sp³-hybridized carbons (Fsp3) is 0.571. The first-order chi connectivity index (χ1) is 7.79. The molecule has 1 aromatic rings. The monoisotopic (exact) mass is 219 g/mol. The Balaban J connectivity index is 1.85. The molecule has 0 heterocycles. The van der Waals surface area contributed by atoms with Gasteiger partial charge in [0.1, 0.15) is 5.75 Å². The maximum absolute atomic E-state index is 5.76. The molecule has 1 atom stereocenters. The molecule has 2 heteroatoms. The minimum atomic E-state index is 0.403. The number of hydrogen-bond donors (Lipinski definition) is 1. The molecule has 0 bridgehead atoms. The fourth-order valence-corrected chi connectivity index (χ4v) is 1.89. The summed E-state index contributed by atoms with van der Waals surface area (Å²) < 4.78 is 5.76. The summed E-state index contributed by atoms with van der Waals surface area (Å²) in [5, 5.41) is 3.23. The second-order valence-electron chi connectivity index (χ2n) is 4.69. The van der Waals surface area contributed by atoms with Crippen LogP contribution < -0.4 is 10.1 Å². The maximum Gasteiger partial charge on any atom is 0.119 e. The van der Waals surface area contributed by atoms with Crippen LogP contribution >= 0.6 is 0 Å². The highest BCUT2D eigenvalue weighted by Gasteiger charge is 2.17. The first-order valence-electron chi connectivity index (χ1n) is 6.19. The van der Waals surface area contributed by atoms with Crippen LogP contribution in [0.1, 0.15) is 37.8 Å². The summed E-state index contributed by atoms with van der Waals surface area (Å²) in [5.74, 6) is 1.80. The van der Waals surface area contributed by atoms with E-state index in [2.05, 4.69) is 36.5 Å². The second-order valence-corrected chi connectivity index (χ2v) is 4.69. The minimum Gasteiger partial charge on any atom is -0.493 e. The van der Waals surface area contributed by atoms with E-state index in [1.54, 1.807) is 0 Å². The lowest BCUT2D eigenvalue weighted by Gasteiger charge is -2.25. The van der Waals surface area contributed by atoms with Crippen molar-refractivity contribution in [3.05, 3.63) is 29.8 Å². The predicted molar refractivity (Wildman–Crippen MR) is 66.8 cm³/mol. The minimum absolute atomic E-state index is 0.403. The Labute approximate surface area is 98.0 Å². The molecule has 16 heavy (non-hydrogen) atoms. The Hall–Kier alpha value is -1.02. The molecule has 0 aromatic heterocycles. The van der Waals surface area contributed by atoms with E-state index in [1.807, 2.05) is 7.05 Å². The molecule has 1 aliphatic rings. The van der Waals surface area contributed by atoms with Crippen molar-refractivity contribution in [1.29, 1.82) is 0 Å². The number of benzene rings is 1. The number of nitrogens with one attached hydrogen (secondary N) is 1. The van der Waals surface area contributed by atoms with Crippen LogP contribution in [0.2, 0.25) is 0 Å². The topological polar surface area (TPSA) is 21.3 Å². The lowest BCUT2D eigenvalue weighted by atomic mass is 9.86. The van der Waals surface area contributed by atoms with E-state index in [0.717, 1.165) is 18.3 Å². The molecule has 1 N–H and O–H groups in total. The van der Waals surface area contributed by atoms with Crippen LogP contribution in [0.5, 0.6) is 5.75 Å². The Morgan fingerprint density at radius 3 is 2.50 bits per heavy atom. The summed E-state index contributed by atoms with van der Waals surface area (Å²) >= 11 is 0. The van der Waals surface area contributed by atoms with Gasteiger partial charge in [-0.15, -0.1) is 0 Å². The van der Waals surface area contributed by atoms with Crippen LogP contribution in [-0.2, 0) is 0 Å². The number of rotatable bonds is 5. The molecule has 0 amide bonds. The fourth-order valence-electron chi connectivity index (χ4n) is 1.89. The SMILES string of the molecule is CNC(C)c1ccc(OCC2CCC2)cc1. The van der Waals surface area contributed by atoms with Gasteiger partial charge in [-0.05, 0) is 50.4 Å². The summed E-state index contributed by atoms with van der Waals surface area (Å²) in [4.78, 5) is 0. The Morgan fingerprint density at radius 2 is 2.00 bits per heavy atom.